The molecule has 0 bridgehead atoms. The Balaban J connectivity index is 2.21. The van der Waals surface area contributed by atoms with Gasteiger partial charge in [-0.1, -0.05) is 6.92 Å². The van der Waals surface area contributed by atoms with Crippen molar-refractivity contribution >= 4 is 9.84 Å². The van der Waals surface area contributed by atoms with Crippen molar-refractivity contribution in [2.24, 2.45) is 0 Å². The Morgan fingerprint density at radius 2 is 2.13 bits per heavy atom. The summed E-state index contributed by atoms with van der Waals surface area (Å²) in [7, 11) is -2.84. The lowest BCUT2D eigenvalue weighted by Gasteiger charge is -2.15. The molecule has 0 radical (unpaired) electrons. The van der Waals surface area contributed by atoms with Gasteiger partial charge in [0.1, 0.15) is 0 Å². The standard InChI is InChI=1S/C10H21NO3S/c1-3-7-15(12,13)8-5-11-10-4-6-14-9(10)2/h9-11H,3-8H2,1-2H3. The molecule has 2 atom stereocenters. The van der Waals surface area contributed by atoms with E-state index in [0.29, 0.717) is 24.8 Å². The first kappa shape index (κ1) is 12.9. The predicted octanol–water partition coefficient (Wildman–Crippen LogP) is 0.578. The van der Waals surface area contributed by atoms with Gasteiger partial charge in [0.15, 0.2) is 9.84 Å². The molecule has 2 unspecified atom stereocenters. The molecular formula is C10H21NO3S. The topological polar surface area (TPSA) is 55.4 Å². The van der Waals surface area contributed by atoms with Crippen molar-refractivity contribution in [1.82, 2.24) is 5.32 Å². The SMILES string of the molecule is CCCS(=O)(=O)CCNC1CCOC1C. The van der Waals surface area contributed by atoms with E-state index in [4.69, 9.17) is 4.74 Å². The van der Waals surface area contributed by atoms with Crippen LogP contribution in [0.2, 0.25) is 0 Å². The number of hydrogen-bond acceptors (Lipinski definition) is 4. The molecule has 1 fully saturated rings. The molecule has 0 aromatic heterocycles. The molecule has 1 aliphatic rings. The smallest absolute Gasteiger partial charge is 0.151 e. The molecule has 15 heavy (non-hydrogen) atoms. The molecule has 1 heterocycles. The van der Waals surface area contributed by atoms with E-state index in [-0.39, 0.29) is 11.9 Å². The third-order valence-electron chi connectivity index (χ3n) is 2.71. The van der Waals surface area contributed by atoms with E-state index in [0.717, 1.165) is 13.0 Å². The molecule has 5 heteroatoms. The van der Waals surface area contributed by atoms with Crippen molar-refractivity contribution in [3.05, 3.63) is 0 Å². The molecule has 0 aromatic rings. The highest BCUT2D eigenvalue weighted by atomic mass is 32.2. The number of hydrogen-bond donors (Lipinski definition) is 1. The van der Waals surface area contributed by atoms with Gasteiger partial charge in [0.2, 0.25) is 0 Å². The molecule has 0 amide bonds. The molecule has 0 spiro atoms. The third kappa shape index (κ3) is 4.49. The number of nitrogens with one attached hydrogen (secondary N) is 1. The second kappa shape index (κ2) is 5.82. The van der Waals surface area contributed by atoms with Crippen LogP contribution in [0.25, 0.3) is 0 Å². The van der Waals surface area contributed by atoms with Crippen LogP contribution in [0.5, 0.6) is 0 Å². The summed E-state index contributed by atoms with van der Waals surface area (Å²) in [5, 5.41) is 3.24. The van der Waals surface area contributed by atoms with Crippen molar-refractivity contribution in [3.63, 3.8) is 0 Å². The lowest BCUT2D eigenvalue weighted by Crippen LogP contribution is -2.37. The van der Waals surface area contributed by atoms with Gasteiger partial charge in [-0.3, -0.25) is 0 Å². The molecular weight excluding hydrogens is 214 g/mol. The van der Waals surface area contributed by atoms with Gasteiger partial charge in [-0.15, -0.1) is 0 Å². The molecule has 4 nitrogen and oxygen atoms in total. The Morgan fingerprint density at radius 1 is 1.40 bits per heavy atom. The van der Waals surface area contributed by atoms with E-state index in [1.807, 2.05) is 13.8 Å². The molecule has 90 valence electrons. The number of ether oxygens (including phenoxy) is 1. The van der Waals surface area contributed by atoms with Gasteiger partial charge in [0.25, 0.3) is 0 Å². The second-order valence-corrected chi connectivity index (χ2v) is 6.38. The van der Waals surface area contributed by atoms with E-state index in [1.165, 1.54) is 0 Å². The van der Waals surface area contributed by atoms with Crippen molar-refractivity contribution in [3.8, 4) is 0 Å². The number of rotatable bonds is 6. The summed E-state index contributed by atoms with van der Waals surface area (Å²) in [4.78, 5) is 0. The van der Waals surface area contributed by atoms with Crippen LogP contribution in [0.15, 0.2) is 0 Å². The maximum atomic E-state index is 11.4. The zero-order valence-electron chi connectivity index (χ0n) is 9.53. The minimum atomic E-state index is -2.84. The van der Waals surface area contributed by atoms with Crippen molar-refractivity contribution in [2.75, 3.05) is 24.7 Å². The molecule has 1 aliphatic heterocycles. The molecule has 1 rings (SSSR count). The van der Waals surface area contributed by atoms with Crippen LogP contribution in [-0.2, 0) is 14.6 Å². The van der Waals surface area contributed by atoms with Crippen LogP contribution >= 0.6 is 0 Å². The van der Waals surface area contributed by atoms with Gasteiger partial charge < -0.3 is 10.1 Å². The molecule has 1 saturated heterocycles. The average Bonchev–Trinajstić information content (AvgIpc) is 2.51. The van der Waals surface area contributed by atoms with E-state index in [1.54, 1.807) is 0 Å². The Morgan fingerprint density at radius 3 is 2.67 bits per heavy atom. The van der Waals surface area contributed by atoms with Crippen LogP contribution in [0.4, 0.5) is 0 Å². The summed E-state index contributed by atoms with van der Waals surface area (Å²) in [6, 6.07) is 0.321. The first-order chi connectivity index (χ1) is 7.05. The van der Waals surface area contributed by atoms with Gasteiger partial charge in [-0.05, 0) is 19.8 Å². The first-order valence-electron chi connectivity index (χ1n) is 5.60. The normalized spacial score (nSPS) is 27.1. The van der Waals surface area contributed by atoms with Gasteiger partial charge in [0, 0.05) is 24.9 Å². The fraction of sp³-hybridized carbons (Fsp3) is 1.00. The fourth-order valence-corrected chi connectivity index (χ4v) is 3.07. The van der Waals surface area contributed by atoms with Gasteiger partial charge in [-0.2, -0.15) is 0 Å². The van der Waals surface area contributed by atoms with E-state index in [9.17, 15) is 8.42 Å². The Bertz CT molecular complexity index is 276. The molecule has 0 saturated carbocycles. The highest BCUT2D eigenvalue weighted by molar-refractivity contribution is 7.91. The molecule has 0 aromatic carbocycles. The quantitative estimate of drug-likeness (QED) is 0.731. The van der Waals surface area contributed by atoms with E-state index in [2.05, 4.69) is 5.32 Å². The molecule has 1 N–H and O–H groups in total. The Kier molecular flexibility index (Phi) is 5.02. The summed E-state index contributed by atoms with van der Waals surface area (Å²) >= 11 is 0. The Labute approximate surface area is 92.3 Å². The predicted molar refractivity (Wildman–Crippen MR) is 60.8 cm³/mol. The average molecular weight is 235 g/mol. The van der Waals surface area contributed by atoms with Gasteiger partial charge in [0.05, 0.1) is 11.9 Å². The maximum absolute atomic E-state index is 11.4. The maximum Gasteiger partial charge on any atom is 0.151 e. The van der Waals surface area contributed by atoms with Crippen molar-refractivity contribution < 1.29 is 13.2 Å². The van der Waals surface area contributed by atoms with Crippen molar-refractivity contribution in [2.45, 2.75) is 38.8 Å². The second-order valence-electron chi connectivity index (χ2n) is 4.08. The minimum Gasteiger partial charge on any atom is -0.377 e. The van der Waals surface area contributed by atoms with Crippen LogP contribution < -0.4 is 5.32 Å². The summed E-state index contributed by atoms with van der Waals surface area (Å²) < 4.78 is 28.2. The van der Waals surface area contributed by atoms with Crippen LogP contribution in [-0.4, -0.2) is 45.2 Å². The van der Waals surface area contributed by atoms with Crippen LogP contribution in [0.3, 0.4) is 0 Å². The van der Waals surface area contributed by atoms with Crippen LogP contribution in [0.1, 0.15) is 26.7 Å². The first-order valence-corrected chi connectivity index (χ1v) is 7.42. The zero-order valence-corrected chi connectivity index (χ0v) is 10.3. The van der Waals surface area contributed by atoms with Gasteiger partial charge >= 0.3 is 0 Å². The minimum absolute atomic E-state index is 0.207. The van der Waals surface area contributed by atoms with E-state index < -0.39 is 9.84 Å². The van der Waals surface area contributed by atoms with E-state index >= 15 is 0 Å². The largest absolute Gasteiger partial charge is 0.377 e. The summed E-state index contributed by atoms with van der Waals surface area (Å²) in [6.07, 6.45) is 1.89. The van der Waals surface area contributed by atoms with Crippen molar-refractivity contribution in [1.29, 1.82) is 0 Å². The summed E-state index contributed by atoms with van der Waals surface area (Å²) in [6.45, 7) is 5.23. The van der Waals surface area contributed by atoms with Crippen LogP contribution in [0, 0.1) is 0 Å². The highest BCUT2D eigenvalue weighted by Crippen LogP contribution is 2.12. The fourth-order valence-electron chi connectivity index (χ4n) is 1.81. The lowest BCUT2D eigenvalue weighted by atomic mass is 10.2. The Hall–Kier alpha value is -0.130. The van der Waals surface area contributed by atoms with Gasteiger partial charge in [-0.25, -0.2) is 8.42 Å². The third-order valence-corrected chi connectivity index (χ3v) is 4.57. The number of sulfone groups is 1. The zero-order chi connectivity index (χ0) is 11.3. The highest BCUT2D eigenvalue weighted by Gasteiger charge is 2.23. The summed E-state index contributed by atoms with van der Waals surface area (Å²) in [5.41, 5.74) is 0. The summed E-state index contributed by atoms with van der Waals surface area (Å²) in [5.74, 6) is 0.537. The monoisotopic (exact) mass is 235 g/mol. The lowest BCUT2D eigenvalue weighted by molar-refractivity contribution is 0.113. The molecule has 0 aliphatic carbocycles.